The Labute approximate surface area is 128 Å². The highest BCUT2D eigenvalue weighted by Crippen LogP contribution is 2.03. The van der Waals surface area contributed by atoms with Crippen LogP contribution < -0.4 is 10.6 Å². The number of hydrogen-bond acceptors (Lipinski definition) is 5. The van der Waals surface area contributed by atoms with Crippen LogP contribution in [0.1, 0.15) is 12.6 Å². The number of nitrogens with one attached hydrogen (secondary N) is 2. The van der Waals surface area contributed by atoms with Crippen LogP contribution in [0.25, 0.3) is 0 Å². The fourth-order valence-electron chi connectivity index (χ4n) is 2.17. The fourth-order valence-corrected chi connectivity index (χ4v) is 2.73. The van der Waals surface area contributed by atoms with Gasteiger partial charge in [-0.05, 0) is 6.92 Å². The number of amides is 3. The summed E-state index contributed by atoms with van der Waals surface area (Å²) in [6, 6.07) is -0.0688. The molecule has 1 aromatic heterocycles. The summed E-state index contributed by atoms with van der Waals surface area (Å²) in [7, 11) is 0. The van der Waals surface area contributed by atoms with Gasteiger partial charge < -0.3 is 15.5 Å². The summed E-state index contributed by atoms with van der Waals surface area (Å²) in [6.07, 6.45) is 0. The molecule has 0 atom stereocenters. The van der Waals surface area contributed by atoms with Gasteiger partial charge in [0.05, 0.1) is 24.3 Å². The lowest BCUT2D eigenvalue weighted by atomic mass is 10.3. The van der Waals surface area contributed by atoms with E-state index in [1.54, 1.807) is 10.4 Å². The molecule has 8 heteroatoms. The first-order valence-electron chi connectivity index (χ1n) is 7.08. The summed E-state index contributed by atoms with van der Waals surface area (Å²) in [4.78, 5) is 31.5. The molecule has 2 N–H and O–H groups in total. The number of aromatic nitrogens is 1. The van der Waals surface area contributed by atoms with Crippen molar-refractivity contribution in [3.63, 3.8) is 0 Å². The van der Waals surface area contributed by atoms with Gasteiger partial charge in [-0.3, -0.25) is 9.69 Å². The summed E-state index contributed by atoms with van der Waals surface area (Å²) in [5, 5.41) is 7.57. The van der Waals surface area contributed by atoms with Gasteiger partial charge in [0.1, 0.15) is 0 Å². The quantitative estimate of drug-likeness (QED) is 0.809. The van der Waals surface area contributed by atoms with Crippen molar-refractivity contribution >= 4 is 23.3 Å². The lowest BCUT2D eigenvalue weighted by Crippen LogP contribution is -2.53. The molecular formula is C13H21N5O2S. The number of urea groups is 1. The number of carbonyl (C=O) groups excluding carboxylic acids is 2. The minimum Gasteiger partial charge on any atom is -0.355 e. The highest BCUT2D eigenvalue weighted by atomic mass is 32.1. The zero-order valence-electron chi connectivity index (χ0n) is 12.2. The third-order valence-electron chi connectivity index (χ3n) is 3.30. The first-order valence-corrected chi connectivity index (χ1v) is 8.02. The van der Waals surface area contributed by atoms with Crippen LogP contribution in [0.15, 0.2) is 10.9 Å². The number of rotatable bonds is 5. The molecule has 1 fully saturated rings. The van der Waals surface area contributed by atoms with Gasteiger partial charge in [0.2, 0.25) is 5.91 Å². The first-order chi connectivity index (χ1) is 10.2. The number of likely N-dealkylation sites (N-methyl/N-ethyl adjacent to an activating group) is 1. The van der Waals surface area contributed by atoms with Crippen LogP contribution in [0.2, 0.25) is 0 Å². The Kier molecular flexibility index (Phi) is 5.94. The van der Waals surface area contributed by atoms with Gasteiger partial charge in [-0.25, -0.2) is 9.78 Å². The third kappa shape index (κ3) is 4.98. The maximum Gasteiger partial charge on any atom is 0.317 e. The molecule has 1 aliphatic rings. The molecule has 0 aliphatic carbocycles. The van der Waals surface area contributed by atoms with Crippen LogP contribution in [-0.2, 0) is 11.3 Å². The Morgan fingerprint density at radius 2 is 2.05 bits per heavy atom. The van der Waals surface area contributed by atoms with Gasteiger partial charge in [-0.15, -0.1) is 11.3 Å². The van der Waals surface area contributed by atoms with Crippen molar-refractivity contribution in [2.75, 3.05) is 39.3 Å². The van der Waals surface area contributed by atoms with E-state index in [1.807, 2.05) is 12.3 Å². The lowest BCUT2D eigenvalue weighted by molar-refractivity contribution is -0.122. The molecule has 2 heterocycles. The van der Waals surface area contributed by atoms with Crippen LogP contribution in [0.3, 0.4) is 0 Å². The topological polar surface area (TPSA) is 77.6 Å². The van der Waals surface area contributed by atoms with Crippen LogP contribution in [0.5, 0.6) is 0 Å². The van der Waals surface area contributed by atoms with Gasteiger partial charge in [-0.2, -0.15) is 0 Å². The highest BCUT2D eigenvalue weighted by molar-refractivity contribution is 7.07. The second kappa shape index (κ2) is 7.94. The van der Waals surface area contributed by atoms with Crippen molar-refractivity contribution in [3.8, 4) is 0 Å². The van der Waals surface area contributed by atoms with Crippen LogP contribution in [0, 0.1) is 0 Å². The molecule has 0 spiro atoms. The molecular weight excluding hydrogens is 290 g/mol. The van der Waals surface area contributed by atoms with Crippen molar-refractivity contribution in [2.24, 2.45) is 0 Å². The lowest BCUT2D eigenvalue weighted by Gasteiger charge is -2.34. The number of nitrogens with zero attached hydrogens (tertiary/aromatic N) is 3. The second-order valence-corrected chi connectivity index (χ2v) is 5.57. The molecule has 1 aromatic rings. The molecule has 3 amide bonds. The van der Waals surface area contributed by atoms with Crippen molar-refractivity contribution in [2.45, 2.75) is 13.5 Å². The molecule has 0 unspecified atom stereocenters. The predicted octanol–water partition coefficient (Wildman–Crippen LogP) is 0.106. The zero-order chi connectivity index (χ0) is 15.1. The number of carbonyl (C=O) groups is 2. The third-order valence-corrected chi connectivity index (χ3v) is 3.94. The molecule has 1 saturated heterocycles. The van der Waals surface area contributed by atoms with E-state index >= 15 is 0 Å². The number of thiazole rings is 1. The smallest absolute Gasteiger partial charge is 0.317 e. The number of hydrogen-bond donors (Lipinski definition) is 2. The Bertz CT molecular complexity index is 457. The first kappa shape index (κ1) is 15.7. The van der Waals surface area contributed by atoms with E-state index in [4.69, 9.17) is 0 Å². The zero-order valence-corrected chi connectivity index (χ0v) is 13.0. The summed E-state index contributed by atoms with van der Waals surface area (Å²) in [5.41, 5.74) is 2.63. The Morgan fingerprint density at radius 3 is 2.67 bits per heavy atom. The van der Waals surface area contributed by atoms with E-state index in [0.29, 0.717) is 32.7 Å². The summed E-state index contributed by atoms with van der Waals surface area (Å²) < 4.78 is 0. The van der Waals surface area contributed by atoms with E-state index in [9.17, 15) is 9.59 Å². The SMILES string of the molecule is CCNC(=O)CN1CCN(C(=O)NCc2cscn2)CC1. The fraction of sp³-hybridized carbons (Fsp3) is 0.615. The molecule has 116 valence electrons. The highest BCUT2D eigenvalue weighted by Gasteiger charge is 2.22. The summed E-state index contributed by atoms with van der Waals surface area (Å²) >= 11 is 1.52. The second-order valence-electron chi connectivity index (χ2n) is 4.86. The monoisotopic (exact) mass is 311 g/mol. The van der Waals surface area contributed by atoms with E-state index in [-0.39, 0.29) is 11.9 Å². The molecule has 21 heavy (non-hydrogen) atoms. The van der Waals surface area contributed by atoms with E-state index in [2.05, 4.69) is 20.5 Å². The van der Waals surface area contributed by atoms with Gasteiger partial charge in [0.15, 0.2) is 0 Å². The molecule has 2 rings (SSSR count). The summed E-state index contributed by atoms with van der Waals surface area (Å²) in [6.45, 7) is 6.15. The number of piperazine rings is 1. The molecule has 0 aromatic carbocycles. The average molecular weight is 311 g/mol. The van der Waals surface area contributed by atoms with Crippen molar-refractivity contribution < 1.29 is 9.59 Å². The van der Waals surface area contributed by atoms with Gasteiger partial charge >= 0.3 is 6.03 Å². The molecule has 0 radical (unpaired) electrons. The summed E-state index contributed by atoms with van der Waals surface area (Å²) in [5.74, 6) is 0.0407. The standard InChI is InChI=1S/C13H21N5O2S/c1-2-14-12(19)8-17-3-5-18(6-4-17)13(20)15-7-11-9-21-10-16-11/h9-10H,2-8H2,1H3,(H,14,19)(H,15,20). The van der Waals surface area contributed by atoms with Crippen LogP contribution in [-0.4, -0.2) is 66.0 Å². The predicted molar refractivity (Wildman–Crippen MR) is 81.0 cm³/mol. The maximum atomic E-state index is 12.0. The van der Waals surface area contributed by atoms with E-state index in [0.717, 1.165) is 18.8 Å². The van der Waals surface area contributed by atoms with Crippen molar-refractivity contribution in [3.05, 3.63) is 16.6 Å². The molecule has 1 aliphatic heterocycles. The minimum absolute atomic E-state index is 0.0407. The maximum absolute atomic E-state index is 12.0. The minimum atomic E-state index is -0.0688. The normalized spacial score (nSPS) is 15.8. The van der Waals surface area contributed by atoms with E-state index < -0.39 is 0 Å². The average Bonchev–Trinajstić information content (AvgIpc) is 2.99. The Hall–Kier alpha value is -1.67. The Balaban J connectivity index is 1.68. The van der Waals surface area contributed by atoms with Crippen molar-refractivity contribution in [1.82, 2.24) is 25.4 Å². The van der Waals surface area contributed by atoms with Gasteiger partial charge in [-0.1, -0.05) is 0 Å². The van der Waals surface area contributed by atoms with Crippen molar-refractivity contribution in [1.29, 1.82) is 0 Å². The van der Waals surface area contributed by atoms with Gasteiger partial charge in [0.25, 0.3) is 0 Å². The van der Waals surface area contributed by atoms with Crippen LogP contribution in [0.4, 0.5) is 4.79 Å². The van der Waals surface area contributed by atoms with Crippen LogP contribution >= 0.6 is 11.3 Å². The van der Waals surface area contributed by atoms with Gasteiger partial charge in [0, 0.05) is 38.1 Å². The molecule has 0 bridgehead atoms. The molecule has 7 nitrogen and oxygen atoms in total. The van der Waals surface area contributed by atoms with E-state index in [1.165, 1.54) is 11.3 Å². The Morgan fingerprint density at radius 1 is 1.29 bits per heavy atom. The largest absolute Gasteiger partial charge is 0.355 e. The molecule has 0 saturated carbocycles.